The number of fused-ring (bicyclic) bond motifs is 1. The maximum atomic E-state index is 13.0. The van der Waals surface area contributed by atoms with Crippen LogP contribution in [0.25, 0.3) is 11.2 Å². The molecule has 2 aliphatic rings. The number of carbonyl (C=O) groups excluding carboxylic acids is 1. The normalized spacial score (nSPS) is 21.7. The van der Waals surface area contributed by atoms with Crippen molar-refractivity contribution in [3.8, 4) is 0 Å². The number of likely N-dealkylation sites (tertiary alicyclic amines) is 1. The van der Waals surface area contributed by atoms with Crippen molar-refractivity contribution in [2.75, 3.05) is 18.4 Å². The van der Waals surface area contributed by atoms with Gasteiger partial charge in [-0.1, -0.05) is 12.8 Å². The number of anilines is 1. The van der Waals surface area contributed by atoms with Crippen LogP contribution in [0.1, 0.15) is 37.9 Å². The number of nitrogens with zero attached hydrogens (tertiary/aromatic N) is 4. The SMILES string of the molecule is O=C(C1CCCC1)N1CC[C@@H](Nc2nc(C(F)(F)F)nc3nc[nH]c23)C1. The van der Waals surface area contributed by atoms with Gasteiger partial charge in [0.15, 0.2) is 11.5 Å². The van der Waals surface area contributed by atoms with Gasteiger partial charge < -0.3 is 15.2 Å². The monoisotopic (exact) mass is 368 g/mol. The summed E-state index contributed by atoms with van der Waals surface area (Å²) in [5.41, 5.74) is 0.297. The van der Waals surface area contributed by atoms with Gasteiger partial charge in [-0.2, -0.15) is 13.2 Å². The van der Waals surface area contributed by atoms with Crippen LogP contribution in [0.2, 0.25) is 0 Å². The van der Waals surface area contributed by atoms with Crippen LogP contribution in [0, 0.1) is 5.92 Å². The van der Waals surface area contributed by atoms with E-state index in [1.807, 2.05) is 4.90 Å². The minimum atomic E-state index is -4.65. The Hall–Kier alpha value is -2.39. The first-order chi connectivity index (χ1) is 12.4. The smallest absolute Gasteiger partial charge is 0.364 e. The van der Waals surface area contributed by atoms with Crippen LogP contribution in [-0.4, -0.2) is 49.9 Å². The molecule has 2 aromatic rings. The second kappa shape index (κ2) is 6.40. The molecule has 0 radical (unpaired) electrons. The minimum absolute atomic E-state index is 0.0355. The van der Waals surface area contributed by atoms with E-state index in [9.17, 15) is 18.0 Å². The van der Waals surface area contributed by atoms with E-state index in [1.54, 1.807) is 0 Å². The molecule has 0 bridgehead atoms. The van der Waals surface area contributed by atoms with E-state index in [1.165, 1.54) is 6.33 Å². The molecule has 3 heterocycles. The third kappa shape index (κ3) is 3.19. The fourth-order valence-electron chi connectivity index (χ4n) is 3.77. The van der Waals surface area contributed by atoms with Crippen molar-refractivity contribution in [3.05, 3.63) is 12.2 Å². The van der Waals surface area contributed by atoms with Gasteiger partial charge in [0.2, 0.25) is 11.7 Å². The Morgan fingerprint density at radius 3 is 2.73 bits per heavy atom. The lowest BCUT2D eigenvalue weighted by Crippen LogP contribution is -2.35. The summed E-state index contributed by atoms with van der Waals surface area (Å²) in [4.78, 5) is 28.0. The molecule has 1 aliphatic heterocycles. The number of halogens is 3. The van der Waals surface area contributed by atoms with Crippen molar-refractivity contribution in [1.29, 1.82) is 0 Å². The first-order valence-electron chi connectivity index (χ1n) is 8.75. The number of H-pyrrole nitrogens is 1. The summed E-state index contributed by atoms with van der Waals surface area (Å²) in [6, 6.07) is -0.150. The summed E-state index contributed by atoms with van der Waals surface area (Å²) in [5, 5.41) is 3.04. The third-order valence-electron chi connectivity index (χ3n) is 5.08. The third-order valence-corrected chi connectivity index (χ3v) is 5.08. The van der Waals surface area contributed by atoms with Crippen LogP contribution >= 0.6 is 0 Å². The predicted octanol–water partition coefficient (Wildman–Crippen LogP) is 2.57. The van der Waals surface area contributed by atoms with Gasteiger partial charge in [-0.15, -0.1) is 0 Å². The highest BCUT2D eigenvalue weighted by molar-refractivity contribution is 5.83. The van der Waals surface area contributed by atoms with Gasteiger partial charge in [-0.25, -0.2) is 15.0 Å². The molecule has 10 heteroatoms. The molecule has 4 rings (SSSR count). The van der Waals surface area contributed by atoms with Gasteiger partial charge in [0.1, 0.15) is 5.52 Å². The molecule has 1 aliphatic carbocycles. The number of amides is 1. The Labute approximate surface area is 147 Å². The minimum Gasteiger partial charge on any atom is -0.364 e. The summed E-state index contributed by atoms with van der Waals surface area (Å²) in [6.07, 6.45) is 1.35. The number of imidazole rings is 1. The summed E-state index contributed by atoms with van der Waals surface area (Å²) < 4.78 is 39.0. The maximum absolute atomic E-state index is 13.0. The van der Waals surface area contributed by atoms with Gasteiger partial charge >= 0.3 is 6.18 Å². The average molecular weight is 368 g/mol. The predicted molar refractivity (Wildman–Crippen MR) is 87.3 cm³/mol. The number of alkyl halides is 3. The Balaban J connectivity index is 1.51. The van der Waals surface area contributed by atoms with E-state index in [2.05, 4.69) is 25.3 Å². The van der Waals surface area contributed by atoms with Crippen LogP contribution in [0.4, 0.5) is 19.0 Å². The van der Waals surface area contributed by atoms with Crippen molar-refractivity contribution < 1.29 is 18.0 Å². The van der Waals surface area contributed by atoms with E-state index in [4.69, 9.17) is 0 Å². The standard InChI is InChI=1S/C16H19F3N6O/c17-16(18,19)15-23-12-11(20-8-21-12)13(24-15)22-10-5-6-25(7-10)14(26)9-3-1-2-4-9/h8-10H,1-7H2,(H2,20,21,22,23,24)/t10-/m1/s1. The highest BCUT2D eigenvalue weighted by Crippen LogP contribution is 2.31. The van der Waals surface area contributed by atoms with E-state index in [0.717, 1.165) is 25.7 Å². The van der Waals surface area contributed by atoms with Gasteiger partial charge in [-0.05, 0) is 19.3 Å². The molecule has 0 spiro atoms. The molecule has 1 saturated carbocycles. The number of hydrogen-bond donors (Lipinski definition) is 2. The molecular weight excluding hydrogens is 349 g/mol. The first kappa shape index (κ1) is 17.0. The molecule has 0 aromatic carbocycles. The molecule has 140 valence electrons. The largest absolute Gasteiger partial charge is 0.451 e. The lowest BCUT2D eigenvalue weighted by Gasteiger charge is -2.21. The molecule has 7 nitrogen and oxygen atoms in total. The van der Waals surface area contributed by atoms with Crippen LogP contribution in [0.3, 0.4) is 0 Å². The zero-order valence-electron chi connectivity index (χ0n) is 14.0. The van der Waals surface area contributed by atoms with E-state index < -0.39 is 12.0 Å². The zero-order chi connectivity index (χ0) is 18.3. The molecular formula is C16H19F3N6O. The maximum Gasteiger partial charge on any atom is 0.451 e. The summed E-state index contributed by atoms with van der Waals surface area (Å²) in [5.74, 6) is -0.891. The molecule has 1 amide bonds. The number of aromatic nitrogens is 4. The molecule has 1 saturated heterocycles. The number of carbonyl (C=O) groups is 1. The zero-order valence-corrected chi connectivity index (χ0v) is 14.0. The van der Waals surface area contributed by atoms with Crippen LogP contribution in [0.5, 0.6) is 0 Å². The van der Waals surface area contributed by atoms with Crippen molar-refractivity contribution in [2.45, 2.75) is 44.3 Å². The second-order valence-electron chi connectivity index (χ2n) is 6.89. The van der Waals surface area contributed by atoms with Crippen LogP contribution in [-0.2, 0) is 11.0 Å². The highest BCUT2D eigenvalue weighted by atomic mass is 19.4. The van der Waals surface area contributed by atoms with E-state index >= 15 is 0 Å². The molecule has 2 fully saturated rings. The first-order valence-corrected chi connectivity index (χ1v) is 8.75. The molecule has 2 N–H and O–H groups in total. The van der Waals surface area contributed by atoms with Crippen molar-refractivity contribution in [3.63, 3.8) is 0 Å². The lowest BCUT2D eigenvalue weighted by molar-refractivity contribution is -0.144. The molecule has 1 atom stereocenters. The Bertz CT molecular complexity index is 814. The van der Waals surface area contributed by atoms with E-state index in [-0.39, 0.29) is 29.3 Å². The number of nitrogens with one attached hydrogen (secondary N) is 2. The van der Waals surface area contributed by atoms with Crippen molar-refractivity contribution in [2.24, 2.45) is 5.92 Å². The summed E-state index contributed by atoms with van der Waals surface area (Å²) in [7, 11) is 0. The Kier molecular flexibility index (Phi) is 4.20. The number of hydrogen-bond acceptors (Lipinski definition) is 5. The fraction of sp³-hybridized carbons (Fsp3) is 0.625. The highest BCUT2D eigenvalue weighted by Gasteiger charge is 2.37. The van der Waals surface area contributed by atoms with Gasteiger partial charge in [0, 0.05) is 25.0 Å². The molecule has 0 unspecified atom stereocenters. The molecule has 26 heavy (non-hydrogen) atoms. The van der Waals surface area contributed by atoms with Gasteiger partial charge in [0.25, 0.3) is 0 Å². The summed E-state index contributed by atoms with van der Waals surface area (Å²) in [6.45, 7) is 1.08. The number of aromatic amines is 1. The number of rotatable bonds is 3. The second-order valence-corrected chi connectivity index (χ2v) is 6.89. The van der Waals surface area contributed by atoms with Gasteiger partial charge in [-0.3, -0.25) is 4.79 Å². The topological polar surface area (TPSA) is 86.8 Å². The van der Waals surface area contributed by atoms with E-state index in [0.29, 0.717) is 25.0 Å². The van der Waals surface area contributed by atoms with Gasteiger partial charge in [0.05, 0.1) is 6.33 Å². The van der Waals surface area contributed by atoms with Crippen LogP contribution < -0.4 is 5.32 Å². The fourth-order valence-corrected chi connectivity index (χ4v) is 3.77. The molecule has 2 aromatic heterocycles. The quantitative estimate of drug-likeness (QED) is 0.870. The van der Waals surface area contributed by atoms with Crippen LogP contribution in [0.15, 0.2) is 6.33 Å². The van der Waals surface area contributed by atoms with Crippen molar-refractivity contribution in [1.82, 2.24) is 24.8 Å². The van der Waals surface area contributed by atoms with Crippen molar-refractivity contribution >= 4 is 22.9 Å². The average Bonchev–Trinajstić information content (AvgIpc) is 3.34. The summed E-state index contributed by atoms with van der Waals surface area (Å²) >= 11 is 0. The lowest BCUT2D eigenvalue weighted by atomic mass is 10.1. The Morgan fingerprint density at radius 2 is 2.00 bits per heavy atom. The Morgan fingerprint density at radius 1 is 1.23 bits per heavy atom.